The van der Waals surface area contributed by atoms with Crippen LogP contribution in [-0.2, 0) is 6.61 Å². The number of hydrogen-bond acceptors (Lipinski definition) is 7. The molecule has 3 heterocycles. The second-order valence-corrected chi connectivity index (χ2v) is 7.91. The largest absolute Gasteiger partial charge is 0.487 e. The number of benzene rings is 1. The van der Waals surface area contributed by atoms with Gasteiger partial charge in [-0.2, -0.15) is 0 Å². The Hall–Kier alpha value is -3.33. The van der Waals surface area contributed by atoms with Crippen molar-refractivity contribution in [3.8, 4) is 5.75 Å². The van der Waals surface area contributed by atoms with Crippen molar-refractivity contribution in [2.75, 3.05) is 26.2 Å². The van der Waals surface area contributed by atoms with Crippen molar-refractivity contribution in [3.05, 3.63) is 70.2 Å². The lowest BCUT2D eigenvalue weighted by Gasteiger charge is -2.34. The van der Waals surface area contributed by atoms with Gasteiger partial charge in [0.25, 0.3) is 11.8 Å². The molecule has 154 valence electrons. The van der Waals surface area contributed by atoms with Gasteiger partial charge in [0.15, 0.2) is 0 Å². The number of hydrogen-bond donors (Lipinski definition) is 0. The summed E-state index contributed by atoms with van der Waals surface area (Å²) < 4.78 is 5.73. The third-order valence-corrected chi connectivity index (χ3v) is 5.61. The molecular formula is C21H21N5O3S. The summed E-state index contributed by atoms with van der Waals surface area (Å²) in [5.41, 5.74) is 1.81. The Morgan fingerprint density at radius 3 is 2.33 bits per heavy atom. The maximum Gasteiger partial charge on any atom is 0.274 e. The van der Waals surface area contributed by atoms with E-state index in [0.29, 0.717) is 49.8 Å². The number of amides is 2. The SMILES string of the molecule is Cc1nc(COc2ccc(C(=O)N3CCN(C(=O)c4cnccn4)CC3)cc2)cs1. The first-order valence-corrected chi connectivity index (χ1v) is 10.5. The van der Waals surface area contributed by atoms with E-state index < -0.39 is 0 Å². The second-order valence-electron chi connectivity index (χ2n) is 6.85. The fraction of sp³-hybridized carbons (Fsp3) is 0.286. The number of piperazine rings is 1. The number of nitrogens with zero attached hydrogens (tertiary/aromatic N) is 5. The van der Waals surface area contributed by atoms with E-state index in [0.717, 1.165) is 10.7 Å². The first-order chi connectivity index (χ1) is 14.6. The Kier molecular flexibility index (Phi) is 5.99. The maximum absolute atomic E-state index is 12.8. The van der Waals surface area contributed by atoms with Gasteiger partial charge in [-0.3, -0.25) is 14.6 Å². The van der Waals surface area contributed by atoms with Crippen molar-refractivity contribution >= 4 is 23.2 Å². The Bertz CT molecular complexity index is 1010. The van der Waals surface area contributed by atoms with Gasteiger partial charge in [0.2, 0.25) is 0 Å². The minimum atomic E-state index is -0.160. The zero-order chi connectivity index (χ0) is 20.9. The van der Waals surface area contributed by atoms with E-state index in [2.05, 4.69) is 15.0 Å². The number of aryl methyl sites for hydroxylation is 1. The van der Waals surface area contributed by atoms with Crippen LogP contribution in [0, 0.1) is 6.92 Å². The summed E-state index contributed by atoms with van der Waals surface area (Å²) in [6, 6.07) is 7.11. The van der Waals surface area contributed by atoms with Crippen LogP contribution in [0.4, 0.5) is 0 Å². The lowest BCUT2D eigenvalue weighted by molar-refractivity contribution is 0.0532. The van der Waals surface area contributed by atoms with Crippen LogP contribution in [0.2, 0.25) is 0 Å². The van der Waals surface area contributed by atoms with E-state index >= 15 is 0 Å². The minimum Gasteiger partial charge on any atom is -0.487 e. The molecule has 1 saturated heterocycles. The summed E-state index contributed by atoms with van der Waals surface area (Å²) in [4.78, 5) is 41.1. The van der Waals surface area contributed by atoms with E-state index in [1.54, 1.807) is 45.4 Å². The predicted molar refractivity (Wildman–Crippen MR) is 111 cm³/mol. The molecule has 0 aliphatic carbocycles. The van der Waals surface area contributed by atoms with Crippen LogP contribution in [0.25, 0.3) is 0 Å². The van der Waals surface area contributed by atoms with Crippen molar-refractivity contribution in [2.24, 2.45) is 0 Å². The maximum atomic E-state index is 12.8. The van der Waals surface area contributed by atoms with E-state index in [9.17, 15) is 9.59 Å². The molecule has 1 fully saturated rings. The van der Waals surface area contributed by atoms with Crippen LogP contribution in [0.5, 0.6) is 5.75 Å². The highest BCUT2D eigenvalue weighted by atomic mass is 32.1. The van der Waals surface area contributed by atoms with Crippen LogP contribution >= 0.6 is 11.3 Å². The molecule has 1 aliphatic rings. The third kappa shape index (κ3) is 4.62. The topological polar surface area (TPSA) is 88.5 Å². The van der Waals surface area contributed by atoms with Crippen molar-refractivity contribution in [1.29, 1.82) is 0 Å². The minimum absolute atomic E-state index is 0.0525. The molecule has 0 unspecified atom stereocenters. The highest BCUT2D eigenvalue weighted by Crippen LogP contribution is 2.17. The highest BCUT2D eigenvalue weighted by Gasteiger charge is 2.26. The second kappa shape index (κ2) is 9.00. The molecule has 0 bridgehead atoms. The van der Waals surface area contributed by atoms with Gasteiger partial charge < -0.3 is 14.5 Å². The molecule has 2 amide bonds. The Morgan fingerprint density at radius 1 is 1.03 bits per heavy atom. The fourth-order valence-electron chi connectivity index (χ4n) is 3.19. The lowest BCUT2D eigenvalue weighted by atomic mass is 10.1. The van der Waals surface area contributed by atoms with Crippen LogP contribution < -0.4 is 4.74 Å². The summed E-state index contributed by atoms with van der Waals surface area (Å²) in [5, 5.41) is 2.98. The van der Waals surface area contributed by atoms with Crippen LogP contribution in [-0.4, -0.2) is 62.7 Å². The van der Waals surface area contributed by atoms with Crippen LogP contribution in [0.3, 0.4) is 0 Å². The van der Waals surface area contributed by atoms with Gasteiger partial charge >= 0.3 is 0 Å². The molecule has 1 aliphatic heterocycles. The van der Waals surface area contributed by atoms with Gasteiger partial charge in [-0.05, 0) is 31.2 Å². The molecule has 0 radical (unpaired) electrons. The molecule has 3 aromatic rings. The first-order valence-electron chi connectivity index (χ1n) is 9.58. The summed E-state index contributed by atoms with van der Waals surface area (Å²) in [6.45, 7) is 4.25. The van der Waals surface area contributed by atoms with Crippen molar-refractivity contribution in [3.63, 3.8) is 0 Å². The number of ether oxygens (including phenoxy) is 1. The molecule has 0 N–H and O–H groups in total. The molecule has 4 rings (SSSR count). The molecule has 1 aromatic carbocycles. The molecule has 2 aromatic heterocycles. The third-order valence-electron chi connectivity index (χ3n) is 4.79. The molecule has 30 heavy (non-hydrogen) atoms. The lowest BCUT2D eigenvalue weighted by Crippen LogP contribution is -2.50. The first kappa shape index (κ1) is 20.0. The summed E-state index contributed by atoms with van der Waals surface area (Å²) in [7, 11) is 0. The Labute approximate surface area is 178 Å². The van der Waals surface area contributed by atoms with Gasteiger partial charge in [0, 0.05) is 49.5 Å². The summed E-state index contributed by atoms with van der Waals surface area (Å²) in [5.74, 6) is 0.479. The van der Waals surface area contributed by atoms with Gasteiger partial charge in [-0.25, -0.2) is 9.97 Å². The van der Waals surface area contributed by atoms with Gasteiger partial charge in [0.1, 0.15) is 18.1 Å². The predicted octanol–water partition coefficient (Wildman–Crippen LogP) is 2.42. The quantitative estimate of drug-likeness (QED) is 0.626. The molecule has 0 spiro atoms. The smallest absolute Gasteiger partial charge is 0.274 e. The summed E-state index contributed by atoms with van der Waals surface area (Å²) >= 11 is 1.59. The molecular weight excluding hydrogens is 402 g/mol. The van der Waals surface area contributed by atoms with E-state index in [1.165, 1.54) is 18.6 Å². The Balaban J connectivity index is 1.30. The number of aromatic nitrogens is 3. The monoisotopic (exact) mass is 423 g/mol. The van der Waals surface area contributed by atoms with Gasteiger partial charge in [0.05, 0.1) is 16.9 Å². The van der Waals surface area contributed by atoms with Crippen molar-refractivity contribution in [2.45, 2.75) is 13.5 Å². The average molecular weight is 423 g/mol. The van der Waals surface area contributed by atoms with Crippen LogP contribution in [0.15, 0.2) is 48.2 Å². The van der Waals surface area contributed by atoms with Gasteiger partial charge in [-0.1, -0.05) is 0 Å². The highest BCUT2D eigenvalue weighted by molar-refractivity contribution is 7.09. The molecule has 0 atom stereocenters. The molecule has 8 nitrogen and oxygen atoms in total. The number of carbonyl (C=O) groups is 2. The zero-order valence-corrected chi connectivity index (χ0v) is 17.3. The molecule has 0 saturated carbocycles. The standard InChI is InChI=1S/C21H21N5O3S/c1-15-24-17(14-30-15)13-29-18-4-2-16(3-5-18)20(27)25-8-10-26(11-9-25)21(28)19-12-22-6-7-23-19/h2-7,12,14H,8-11,13H2,1H3. The Morgan fingerprint density at radius 2 is 1.73 bits per heavy atom. The van der Waals surface area contributed by atoms with Crippen LogP contribution in [0.1, 0.15) is 31.5 Å². The number of rotatable bonds is 5. The average Bonchev–Trinajstić information content (AvgIpc) is 3.23. The number of carbonyl (C=O) groups excluding carboxylic acids is 2. The normalized spacial score (nSPS) is 13.9. The van der Waals surface area contributed by atoms with E-state index in [4.69, 9.17) is 4.74 Å². The van der Waals surface area contributed by atoms with Gasteiger partial charge in [-0.15, -0.1) is 11.3 Å². The van der Waals surface area contributed by atoms with E-state index in [1.807, 2.05) is 12.3 Å². The molecule has 9 heteroatoms. The van der Waals surface area contributed by atoms with E-state index in [-0.39, 0.29) is 11.8 Å². The van der Waals surface area contributed by atoms with Crippen molar-refractivity contribution < 1.29 is 14.3 Å². The summed E-state index contributed by atoms with van der Waals surface area (Å²) in [6.07, 6.45) is 4.49. The fourth-order valence-corrected chi connectivity index (χ4v) is 3.79. The van der Waals surface area contributed by atoms with Crippen molar-refractivity contribution in [1.82, 2.24) is 24.8 Å². The number of thiazole rings is 1. The zero-order valence-electron chi connectivity index (χ0n) is 16.5.